The van der Waals surface area contributed by atoms with Crippen molar-refractivity contribution in [2.75, 3.05) is 38.7 Å². The highest BCUT2D eigenvalue weighted by Crippen LogP contribution is 2.10. The molecule has 5 heteroatoms. The molecule has 0 saturated carbocycles. The maximum absolute atomic E-state index is 11.1. The largest absolute Gasteiger partial charge is 0.313 e. The van der Waals surface area contributed by atoms with E-state index in [2.05, 4.69) is 10.2 Å². The molecule has 14 heavy (non-hydrogen) atoms. The fourth-order valence-electron chi connectivity index (χ4n) is 1.66. The van der Waals surface area contributed by atoms with Crippen LogP contribution in [-0.2, 0) is 9.84 Å². The molecule has 84 valence electrons. The minimum absolute atomic E-state index is 0.196. The maximum Gasteiger partial charge on any atom is 0.151 e. The van der Waals surface area contributed by atoms with E-state index in [1.165, 1.54) is 0 Å². The average Bonchev–Trinajstić information content (AvgIpc) is 2.39. The first-order valence-electron chi connectivity index (χ1n) is 5.08. The van der Waals surface area contributed by atoms with Crippen molar-refractivity contribution in [1.29, 1.82) is 0 Å². The molecule has 0 bridgehead atoms. The third-order valence-corrected chi connectivity index (χ3v) is 4.22. The number of hydrogen-bond acceptors (Lipinski definition) is 4. The summed E-state index contributed by atoms with van der Waals surface area (Å²) in [6, 6.07) is 0.196. The van der Waals surface area contributed by atoms with Gasteiger partial charge in [0.25, 0.3) is 0 Å². The standard InChI is InChI=1S/C9H20N2O2S/c1-11(2)6-3-5-10-9-4-7-14(12,13)8-9/h9-10H,3-8H2,1-2H3/t9-/m1/s1. The quantitative estimate of drug-likeness (QED) is 0.647. The molecule has 4 nitrogen and oxygen atoms in total. The van der Waals surface area contributed by atoms with Gasteiger partial charge in [0.05, 0.1) is 11.5 Å². The van der Waals surface area contributed by atoms with Crippen molar-refractivity contribution in [1.82, 2.24) is 10.2 Å². The topological polar surface area (TPSA) is 49.4 Å². The third-order valence-electron chi connectivity index (χ3n) is 2.45. The molecule has 1 saturated heterocycles. The van der Waals surface area contributed by atoms with Crippen LogP contribution in [-0.4, -0.2) is 58.1 Å². The van der Waals surface area contributed by atoms with E-state index in [0.29, 0.717) is 11.5 Å². The number of sulfone groups is 1. The summed E-state index contributed by atoms with van der Waals surface area (Å²) < 4.78 is 22.3. The van der Waals surface area contributed by atoms with E-state index in [9.17, 15) is 8.42 Å². The zero-order valence-corrected chi connectivity index (χ0v) is 9.81. The molecule has 0 aromatic carbocycles. The summed E-state index contributed by atoms with van der Waals surface area (Å²) in [5, 5.41) is 3.29. The summed E-state index contributed by atoms with van der Waals surface area (Å²) in [4.78, 5) is 2.13. The van der Waals surface area contributed by atoms with Gasteiger partial charge in [0, 0.05) is 6.04 Å². The fourth-order valence-corrected chi connectivity index (χ4v) is 3.37. The highest BCUT2D eigenvalue weighted by Gasteiger charge is 2.26. The molecule has 1 aliphatic rings. The van der Waals surface area contributed by atoms with Crippen LogP contribution in [0, 0.1) is 0 Å². The fraction of sp³-hybridized carbons (Fsp3) is 1.00. The van der Waals surface area contributed by atoms with Crippen molar-refractivity contribution in [3.05, 3.63) is 0 Å². The highest BCUT2D eigenvalue weighted by molar-refractivity contribution is 7.91. The lowest BCUT2D eigenvalue weighted by Gasteiger charge is -2.12. The van der Waals surface area contributed by atoms with Crippen LogP contribution < -0.4 is 5.32 Å². The van der Waals surface area contributed by atoms with Crippen LogP contribution in [0.15, 0.2) is 0 Å². The summed E-state index contributed by atoms with van der Waals surface area (Å²) in [5.41, 5.74) is 0. The summed E-state index contributed by atoms with van der Waals surface area (Å²) in [6.07, 6.45) is 1.86. The minimum Gasteiger partial charge on any atom is -0.313 e. The zero-order chi connectivity index (χ0) is 10.6. The average molecular weight is 220 g/mol. The van der Waals surface area contributed by atoms with Crippen molar-refractivity contribution in [3.63, 3.8) is 0 Å². The summed E-state index contributed by atoms with van der Waals surface area (Å²) in [6.45, 7) is 1.96. The predicted octanol–water partition coefficient (Wildman–Crippen LogP) is -0.285. The Bertz CT molecular complexity index is 262. The Hall–Kier alpha value is -0.130. The van der Waals surface area contributed by atoms with Crippen LogP contribution in [0.2, 0.25) is 0 Å². The van der Waals surface area contributed by atoms with E-state index in [0.717, 1.165) is 25.9 Å². The molecule has 1 aliphatic heterocycles. The molecule has 0 aromatic heterocycles. The summed E-state index contributed by atoms with van der Waals surface area (Å²) in [7, 11) is 1.36. The molecule has 0 aliphatic carbocycles. The van der Waals surface area contributed by atoms with Crippen molar-refractivity contribution in [3.8, 4) is 0 Å². The molecule has 0 amide bonds. The lowest BCUT2D eigenvalue weighted by molar-refractivity contribution is 0.388. The first-order chi connectivity index (χ1) is 6.49. The van der Waals surface area contributed by atoms with Gasteiger partial charge in [-0.3, -0.25) is 0 Å². The maximum atomic E-state index is 11.1. The lowest BCUT2D eigenvalue weighted by atomic mass is 10.2. The molecular formula is C9H20N2O2S. The van der Waals surface area contributed by atoms with Crippen LogP contribution >= 0.6 is 0 Å². The van der Waals surface area contributed by atoms with Crippen molar-refractivity contribution in [2.24, 2.45) is 0 Å². The van der Waals surface area contributed by atoms with E-state index in [1.807, 2.05) is 14.1 Å². The lowest BCUT2D eigenvalue weighted by Crippen LogP contribution is -2.32. The van der Waals surface area contributed by atoms with Gasteiger partial charge < -0.3 is 10.2 Å². The second-order valence-electron chi connectivity index (χ2n) is 4.21. The van der Waals surface area contributed by atoms with Crippen LogP contribution in [0.4, 0.5) is 0 Å². The first-order valence-corrected chi connectivity index (χ1v) is 6.90. The van der Waals surface area contributed by atoms with E-state index in [4.69, 9.17) is 0 Å². The van der Waals surface area contributed by atoms with Crippen LogP contribution in [0.1, 0.15) is 12.8 Å². The van der Waals surface area contributed by atoms with E-state index in [1.54, 1.807) is 0 Å². The highest BCUT2D eigenvalue weighted by atomic mass is 32.2. The van der Waals surface area contributed by atoms with Crippen LogP contribution in [0.3, 0.4) is 0 Å². The zero-order valence-electron chi connectivity index (χ0n) is 8.99. The van der Waals surface area contributed by atoms with Crippen molar-refractivity contribution >= 4 is 9.84 Å². The SMILES string of the molecule is CN(C)CCCN[C@@H]1CCS(=O)(=O)C1. The molecule has 1 atom stereocenters. The van der Waals surface area contributed by atoms with E-state index >= 15 is 0 Å². The smallest absolute Gasteiger partial charge is 0.151 e. The van der Waals surface area contributed by atoms with Gasteiger partial charge in [-0.25, -0.2) is 8.42 Å². The summed E-state index contributed by atoms with van der Waals surface area (Å²) >= 11 is 0. The van der Waals surface area contributed by atoms with Gasteiger partial charge in [0.2, 0.25) is 0 Å². The van der Waals surface area contributed by atoms with Gasteiger partial charge in [-0.1, -0.05) is 0 Å². The van der Waals surface area contributed by atoms with Crippen molar-refractivity contribution in [2.45, 2.75) is 18.9 Å². The Balaban J connectivity index is 2.09. The Morgan fingerprint density at radius 3 is 2.64 bits per heavy atom. The Morgan fingerprint density at radius 1 is 1.43 bits per heavy atom. The molecule has 0 aromatic rings. The molecule has 0 unspecified atom stereocenters. The number of nitrogens with one attached hydrogen (secondary N) is 1. The number of hydrogen-bond donors (Lipinski definition) is 1. The van der Waals surface area contributed by atoms with Crippen LogP contribution in [0.5, 0.6) is 0 Å². The van der Waals surface area contributed by atoms with Gasteiger partial charge in [-0.15, -0.1) is 0 Å². The molecular weight excluding hydrogens is 200 g/mol. The molecule has 1 heterocycles. The van der Waals surface area contributed by atoms with E-state index in [-0.39, 0.29) is 6.04 Å². The van der Waals surface area contributed by atoms with Crippen LogP contribution in [0.25, 0.3) is 0 Å². The monoisotopic (exact) mass is 220 g/mol. The van der Waals surface area contributed by atoms with Gasteiger partial charge in [0.15, 0.2) is 9.84 Å². The third kappa shape index (κ3) is 4.39. The molecule has 1 N–H and O–H groups in total. The molecule has 0 radical (unpaired) electrons. The number of rotatable bonds is 5. The van der Waals surface area contributed by atoms with Crippen molar-refractivity contribution < 1.29 is 8.42 Å². The second-order valence-corrected chi connectivity index (χ2v) is 6.44. The number of nitrogens with zero attached hydrogens (tertiary/aromatic N) is 1. The second kappa shape index (κ2) is 5.09. The Kier molecular flexibility index (Phi) is 4.34. The Labute approximate surface area is 86.6 Å². The molecule has 1 rings (SSSR count). The van der Waals surface area contributed by atoms with E-state index < -0.39 is 9.84 Å². The summed E-state index contributed by atoms with van der Waals surface area (Å²) in [5.74, 6) is 0.688. The Morgan fingerprint density at radius 2 is 2.14 bits per heavy atom. The predicted molar refractivity (Wildman–Crippen MR) is 58.2 cm³/mol. The minimum atomic E-state index is -2.72. The normalized spacial score (nSPS) is 25.8. The van der Waals surface area contributed by atoms with Gasteiger partial charge in [-0.05, 0) is 40.0 Å². The first kappa shape index (κ1) is 11.9. The molecule has 0 spiro atoms. The van der Waals surface area contributed by atoms with Gasteiger partial charge >= 0.3 is 0 Å². The molecule has 1 fully saturated rings. The van der Waals surface area contributed by atoms with Gasteiger partial charge in [-0.2, -0.15) is 0 Å². The van der Waals surface area contributed by atoms with Gasteiger partial charge in [0.1, 0.15) is 0 Å².